The first kappa shape index (κ1) is 65.6. The average molecular weight is 1070 g/mol. The third-order valence-electron chi connectivity index (χ3n) is 18.5. The maximum Gasteiger partial charge on any atom is 0.0215 e. The standard InChI is InChI=1S/C64H96.C16H16/c1-18-22-24-26-28-30-39-64(40-31-29-27-25-23-19-2)59-43-52(33-35-57(59)58-36-34-54(44-60(58)64)63(15,16)17)49(9)46(6)42-53(32-20-3)56-38-37-55(61(50(56)10)45(5)21-4)48(8)41-47(7)51(11)62(12,13)14;1-13(15-9-5-3-6-10-15)14(2)16-11-7-4-8-12-16/h33-38,41-45H,18-32,39-40H2,1-17H3;3-7,9-11H,1-2,8,12H2/b48-41+,49-46+,51-47+,53-42+;. The molecular weight excluding hydrogens is 961 g/mol. The van der Waals surface area contributed by atoms with E-state index in [1.54, 1.807) is 11.1 Å². The third-order valence-corrected chi connectivity index (χ3v) is 18.5. The lowest BCUT2D eigenvalue weighted by Crippen LogP contribution is -2.26. The lowest BCUT2D eigenvalue weighted by atomic mass is 9.69. The molecule has 0 saturated heterocycles. The minimum atomic E-state index is 0.0619. The highest BCUT2D eigenvalue weighted by atomic mass is 14.5. The van der Waals surface area contributed by atoms with Crippen LogP contribution in [-0.4, -0.2) is 0 Å². The van der Waals surface area contributed by atoms with Crippen molar-refractivity contribution in [2.75, 3.05) is 0 Å². The molecule has 6 rings (SSSR count). The van der Waals surface area contributed by atoms with Gasteiger partial charge in [-0.2, -0.15) is 0 Å². The summed E-state index contributed by atoms with van der Waals surface area (Å²) >= 11 is 0. The Hall–Kier alpha value is -5.20. The van der Waals surface area contributed by atoms with E-state index >= 15 is 0 Å². The van der Waals surface area contributed by atoms with Gasteiger partial charge in [-0.3, -0.25) is 0 Å². The van der Waals surface area contributed by atoms with Crippen molar-refractivity contribution in [2.45, 2.75) is 256 Å². The van der Waals surface area contributed by atoms with Gasteiger partial charge in [0.15, 0.2) is 0 Å². The highest BCUT2D eigenvalue weighted by Crippen LogP contribution is 2.56. The van der Waals surface area contributed by atoms with Crippen LogP contribution < -0.4 is 0 Å². The van der Waals surface area contributed by atoms with Crippen LogP contribution in [0.25, 0.3) is 33.4 Å². The Morgan fingerprint density at radius 3 is 1.74 bits per heavy atom. The normalized spacial score (nSPS) is 15.3. The monoisotopic (exact) mass is 1070 g/mol. The van der Waals surface area contributed by atoms with Gasteiger partial charge in [-0.1, -0.05) is 287 Å². The lowest BCUT2D eigenvalue weighted by molar-refractivity contribution is 0.397. The summed E-state index contributed by atoms with van der Waals surface area (Å²) in [7, 11) is 0. The molecule has 0 aromatic heterocycles. The first-order valence-electron chi connectivity index (χ1n) is 32.0. The largest absolute Gasteiger partial charge is 0.0909 e. The maximum absolute atomic E-state index is 4.15. The Morgan fingerprint density at radius 2 is 1.19 bits per heavy atom. The second-order valence-electron chi connectivity index (χ2n) is 26.5. The number of fused-ring (bicyclic) bond motifs is 3. The van der Waals surface area contributed by atoms with Crippen LogP contribution in [0.3, 0.4) is 0 Å². The molecule has 2 aliphatic carbocycles. The van der Waals surface area contributed by atoms with Gasteiger partial charge < -0.3 is 0 Å². The van der Waals surface area contributed by atoms with Crippen LogP contribution in [0.4, 0.5) is 0 Å². The van der Waals surface area contributed by atoms with E-state index in [9.17, 15) is 0 Å². The molecule has 432 valence electrons. The first-order valence-corrected chi connectivity index (χ1v) is 32.0. The van der Waals surface area contributed by atoms with Gasteiger partial charge in [-0.15, -0.1) is 0 Å². The van der Waals surface area contributed by atoms with Gasteiger partial charge in [0, 0.05) is 5.41 Å². The van der Waals surface area contributed by atoms with Crippen LogP contribution in [0.15, 0.2) is 150 Å². The van der Waals surface area contributed by atoms with Gasteiger partial charge in [0.05, 0.1) is 0 Å². The van der Waals surface area contributed by atoms with E-state index in [2.05, 4.69) is 222 Å². The van der Waals surface area contributed by atoms with E-state index in [-0.39, 0.29) is 16.2 Å². The summed E-state index contributed by atoms with van der Waals surface area (Å²) in [6, 6.07) is 30.3. The molecule has 0 spiro atoms. The lowest BCUT2D eigenvalue weighted by Gasteiger charge is -2.34. The summed E-state index contributed by atoms with van der Waals surface area (Å²) in [4.78, 5) is 0. The molecule has 0 amide bonds. The summed E-state index contributed by atoms with van der Waals surface area (Å²) in [6.45, 7) is 48.3. The van der Waals surface area contributed by atoms with Crippen molar-refractivity contribution in [1.82, 2.24) is 0 Å². The van der Waals surface area contributed by atoms with Gasteiger partial charge in [0.1, 0.15) is 0 Å². The van der Waals surface area contributed by atoms with Crippen LogP contribution >= 0.6 is 0 Å². The van der Waals surface area contributed by atoms with E-state index in [4.69, 9.17) is 0 Å². The predicted molar refractivity (Wildman–Crippen MR) is 361 cm³/mol. The van der Waals surface area contributed by atoms with Gasteiger partial charge in [-0.25, -0.2) is 0 Å². The van der Waals surface area contributed by atoms with Crippen LogP contribution in [0, 0.1) is 12.3 Å². The Balaban J connectivity index is 0.000000623. The Kier molecular flexibility index (Phi) is 25.2. The molecular formula is C80H112. The Morgan fingerprint density at radius 1 is 0.613 bits per heavy atom. The molecule has 0 radical (unpaired) electrons. The quantitative estimate of drug-likeness (QED) is 0.0434. The number of hydrogen-bond acceptors (Lipinski definition) is 0. The summed E-state index contributed by atoms with van der Waals surface area (Å²) in [6.07, 6.45) is 35.5. The summed E-state index contributed by atoms with van der Waals surface area (Å²) < 4.78 is 0. The maximum atomic E-state index is 4.15. The third kappa shape index (κ3) is 17.0. The number of rotatable bonds is 26. The van der Waals surface area contributed by atoms with Crippen molar-refractivity contribution in [3.8, 4) is 11.1 Å². The average Bonchev–Trinajstić information content (AvgIpc) is 3.91. The molecule has 1 unspecified atom stereocenters. The van der Waals surface area contributed by atoms with Crippen molar-refractivity contribution in [1.29, 1.82) is 0 Å². The van der Waals surface area contributed by atoms with Crippen molar-refractivity contribution < 1.29 is 0 Å². The highest BCUT2D eigenvalue weighted by Gasteiger charge is 2.43. The zero-order chi connectivity index (χ0) is 58.8. The second-order valence-corrected chi connectivity index (χ2v) is 26.5. The van der Waals surface area contributed by atoms with E-state index < -0.39 is 0 Å². The summed E-state index contributed by atoms with van der Waals surface area (Å²) in [5.74, 6) is 0.482. The van der Waals surface area contributed by atoms with Crippen molar-refractivity contribution in [2.24, 2.45) is 5.41 Å². The van der Waals surface area contributed by atoms with Crippen LogP contribution in [0.1, 0.15) is 289 Å². The molecule has 4 aromatic rings. The molecule has 0 fully saturated rings. The molecule has 0 N–H and O–H groups in total. The van der Waals surface area contributed by atoms with E-state index in [1.807, 2.05) is 18.2 Å². The van der Waals surface area contributed by atoms with Crippen LogP contribution in [0.5, 0.6) is 0 Å². The van der Waals surface area contributed by atoms with Crippen molar-refractivity contribution in [3.05, 3.63) is 200 Å². The van der Waals surface area contributed by atoms with Crippen LogP contribution in [-0.2, 0) is 10.8 Å². The van der Waals surface area contributed by atoms with E-state index in [0.29, 0.717) is 5.92 Å². The molecule has 0 heteroatoms. The van der Waals surface area contributed by atoms with E-state index in [0.717, 1.165) is 48.8 Å². The number of hydrogen-bond donors (Lipinski definition) is 0. The highest BCUT2D eigenvalue weighted by molar-refractivity contribution is 5.86. The zero-order valence-electron chi connectivity index (χ0n) is 54.3. The fourth-order valence-electron chi connectivity index (χ4n) is 12.6. The fourth-order valence-corrected chi connectivity index (χ4v) is 12.6. The molecule has 0 saturated carbocycles. The Labute approximate surface area is 493 Å². The number of unbranched alkanes of at least 4 members (excludes halogenated alkanes) is 10. The molecule has 4 aromatic carbocycles. The van der Waals surface area contributed by atoms with Gasteiger partial charge in [-0.05, 0) is 203 Å². The smallest absolute Gasteiger partial charge is 0.0215 e. The molecule has 0 bridgehead atoms. The fraction of sp³-hybridized carbons (Fsp3) is 0.500. The topological polar surface area (TPSA) is 0 Å². The minimum Gasteiger partial charge on any atom is -0.0909 e. The molecule has 0 nitrogen and oxygen atoms in total. The molecule has 1 atom stereocenters. The second kappa shape index (κ2) is 30.7. The zero-order valence-corrected chi connectivity index (χ0v) is 54.3. The molecule has 80 heavy (non-hydrogen) atoms. The van der Waals surface area contributed by atoms with Crippen molar-refractivity contribution in [3.63, 3.8) is 0 Å². The Bertz CT molecular complexity index is 2870. The molecule has 2 aliphatic rings. The molecule has 0 heterocycles. The number of benzene rings is 4. The summed E-state index contributed by atoms with van der Waals surface area (Å²) in [5, 5.41) is 0. The van der Waals surface area contributed by atoms with Crippen molar-refractivity contribution >= 4 is 22.3 Å². The SMILES string of the molecule is C=C(C(=C)c1ccccc1)C1=CC=CCC1.CCCCCCCCC1(CCCCCCCC)c2cc(/C(C)=C(C)/C=C(\CCC)c3ccc(/C(C)=C/C(C)=C(\C)C(C)(C)C)c(C(C)CC)c3C)ccc2-c2ccc(C(C)(C)C)cc21. The molecule has 0 aliphatic heterocycles. The van der Waals surface area contributed by atoms with Gasteiger partial charge >= 0.3 is 0 Å². The minimum absolute atomic E-state index is 0.0619. The summed E-state index contributed by atoms with van der Waals surface area (Å²) in [5.41, 5.74) is 28.3. The van der Waals surface area contributed by atoms with Gasteiger partial charge in [0.2, 0.25) is 0 Å². The van der Waals surface area contributed by atoms with Gasteiger partial charge in [0.25, 0.3) is 0 Å². The predicted octanol–water partition coefficient (Wildman–Crippen LogP) is 25.6. The number of allylic oxidation sites excluding steroid dienone is 14. The van der Waals surface area contributed by atoms with Crippen LogP contribution in [0.2, 0.25) is 0 Å². The first-order chi connectivity index (χ1) is 38.1. The van der Waals surface area contributed by atoms with E-state index in [1.165, 1.54) is 173 Å².